The van der Waals surface area contributed by atoms with Crippen LogP contribution in [0.2, 0.25) is 0 Å². The van der Waals surface area contributed by atoms with Crippen molar-refractivity contribution in [1.82, 2.24) is 19.8 Å². The number of aromatic nitrogens is 2. The zero-order valence-corrected chi connectivity index (χ0v) is 19.8. The van der Waals surface area contributed by atoms with E-state index in [0.29, 0.717) is 31.9 Å². The van der Waals surface area contributed by atoms with Gasteiger partial charge in [0.25, 0.3) is 5.91 Å². The molecule has 0 unspecified atom stereocenters. The van der Waals surface area contributed by atoms with Crippen LogP contribution in [0.25, 0.3) is 0 Å². The van der Waals surface area contributed by atoms with Gasteiger partial charge in [0.15, 0.2) is 0 Å². The van der Waals surface area contributed by atoms with Gasteiger partial charge in [0.2, 0.25) is 0 Å². The lowest BCUT2D eigenvalue weighted by molar-refractivity contribution is 0.0204. The number of hydrogen-bond acceptors (Lipinski definition) is 7. The van der Waals surface area contributed by atoms with Gasteiger partial charge in [-0.2, -0.15) is 0 Å². The van der Waals surface area contributed by atoms with Crippen molar-refractivity contribution in [2.45, 2.75) is 45.1 Å². The molecule has 2 saturated heterocycles. The van der Waals surface area contributed by atoms with E-state index in [4.69, 9.17) is 4.74 Å². The zero-order valence-electron chi connectivity index (χ0n) is 19.0. The smallest absolute Gasteiger partial charge is 0.410 e. The normalized spacial score (nSPS) is 18.0. The summed E-state index contributed by atoms with van der Waals surface area (Å²) in [5.74, 6) is 1.23. The second-order valence-electron chi connectivity index (χ2n) is 9.28. The molecule has 0 aliphatic carbocycles. The second kappa shape index (κ2) is 9.44. The fraction of sp³-hybridized carbons (Fsp3) is 0.565. The highest BCUT2D eigenvalue weighted by molar-refractivity contribution is 7.09. The first-order valence-electron chi connectivity index (χ1n) is 11.2. The van der Waals surface area contributed by atoms with Crippen molar-refractivity contribution < 1.29 is 14.3 Å². The fourth-order valence-electron chi connectivity index (χ4n) is 4.05. The first kappa shape index (κ1) is 22.5. The number of nitrogens with zero attached hydrogens (tertiary/aromatic N) is 5. The number of carbonyl (C=O) groups is 2. The molecule has 9 heteroatoms. The Labute approximate surface area is 193 Å². The number of ether oxygens (including phenoxy) is 1. The molecular weight excluding hydrogens is 426 g/mol. The molecule has 172 valence electrons. The molecule has 2 fully saturated rings. The molecule has 4 rings (SSSR count). The molecular formula is C23H31N5O3S. The molecule has 0 radical (unpaired) electrons. The van der Waals surface area contributed by atoms with Gasteiger partial charge in [0.1, 0.15) is 17.1 Å². The molecule has 2 aliphatic heterocycles. The average Bonchev–Trinajstić information content (AvgIpc) is 3.29. The van der Waals surface area contributed by atoms with Crippen LogP contribution >= 0.6 is 11.3 Å². The third-order valence-corrected chi connectivity index (χ3v) is 6.78. The van der Waals surface area contributed by atoms with Gasteiger partial charge in [-0.05, 0) is 45.7 Å². The summed E-state index contributed by atoms with van der Waals surface area (Å²) in [6.45, 7) is 9.80. The Morgan fingerprint density at radius 2 is 1.75 bits per heavy atom. The number of hydrogen-bond donors (Lipinski definition) is 0. The molecule has 0 bridgehead atoms. The Balaban J connectivity index is 1.29. The summed E-state index contributed by atoms with van der Waals surface area (Å²) in [5.41, 5.74) is 0.0487. The molecule has 2 aromatic rings. The highest BCUT2D eigenvalue weighted by Gasteiger charge is 2.30. The number of rotatable bonds is 3. The maximum absolute atomic E-state index is 13.0. The predicted octanol–water partition coefficient (Wildman–Crippen LogP) is 3.62. The third-order valence-electron chi connectivity index (χ3n) is 5.78. The summed E-state index contributed by atoms with van der Waals surface area (Å²) in [7, 11) is 0. The van der Waals surface area contributed by atoms with Crippen molar-refractivity contribution in [3.05, 3.63) is 40.5 Å². The lowest BCUT2D eigenvalue weighted by Crippen LogP contribution is -2.49. The maximum atomic E-state index is 13.0. The first-order valence-corrected chi connectivity index (χ1v) is 12.1. The van der Waals surface area contributed by atoms with Crippen LogP contribution < -0.4 is 4.90 Å². The van der Waals surface area contributed by atoms with Crippen molar-refractivity contribution in [3.63, 3.8) is 0 Å². The van der Waals surface area contributed by atoms with Crippen LogP contribution in [0.4, 0.5) is 10.6 Å². The molecule has 0 spiro atoms. The average molecular weight is 458 g/mol. The van der Waals surface area contributed by atoms with E-state index in [-0.39, 0.29) is 17.9 Å². The largest absolute Gasteiger partial charge is 0.444 e. The van der Waals surface area contributed by atoms with Crippen molar-refractivity contribution >= 4 is 29.2 Å². The monoisotopic (exact) mass is 457 g/mol. The van der Waals surface area contributed by atoms with Crippen LogP contribution in [0.1, 0.15) is 55.0 Å². The van der Waals surface area contributed by atoms with Gasteiger partial charge >= 0.3 is 6.09 Å². The fourth-order valence-corrected chi connectivity index (χ4v) is 5.02. The number of thiazole rings is 1. The van der Waals surface area contributed by atoms with Gasteiger partial charge in [-0.25, -0.2) is 14.8 Å². The number of piperazine rings is 1. The van der Waals surface area contributed by atoms with Crippen LogP contribution in [0.15, 0.2) is 29.8 Å². The molecule has 8 nitrogen and oxygen atoms in total. The van der Waals surface area contributed by atoms with Crippen LogP contribution in [0, 0.1) is 0 Å². The van der Waals surface area contributed by atoms with Crippen molar-refractivity contribution in [3.8, 4) is 0 Å². The number of likely N-dealkylation sites (tertiary alicyclic amines) is 1. The van der Waals surface area contributed by atoms with Gasteiger partial charge in [-0.15, -0.1) is 11.3 Å². The number of anilines is 1. The van der Waals surface area contributed by atoms with Crippen LogP contribution in [-0.2, 0) is 4.74 Å². The van der Waals surface area contributed by atoms with Crippen molar-refractivity contribution in [1.29, 1.82) is 0 Å². The lowest BCUT2D eigenvalue weighted by atomic mass is 9.98. The summed E-state index contributed by atoms with van der Waals surface area (Å²) in [4.78, 5) is 40.2. The Bertz CT molecular complexity index is 927. The molecule has 32 heavy (non-hydrogen) atoms. The number of amides is 2. The molecule has 0 atom stereocenters. The molecule has 0 aromatic carbocycles. The van der Waals surface area contributed by atoms with Crippen molar-refractivity contribution in [2.24, 2.45) is 0 Å². The molecule has 4 heterocycles. The van der Waals surface area contributed by atoms with E-state index in [1.165, 1.54) is 0 Å². The summed E-state index contributed by atoms with van der Waals surface area (Å²) in [6.07, 6.45) is 3.21. The Kier molecular flexibility index (Phi) is 6.64. The molecule has 2 aliphatic rings. The van der Waals surface area contributed by atoms with E-state index in [9.17, 15) is 9.59 Å². The Morgan fingerprint density at radius 3 is 2.38 bits per heavy atom. The van der Waals surface area contributed by atoms with Gasteiger partial charge in [-0.1, -0.05) is 6.07 Å². The van der Waals surface area contributed by atoms with E-state index in [2.05, 4.69) is 14.9 Å². The van der Waals surface area contributed by atoms with E-state index in [1.807, 2.05) is 49.3 Å². The maximum Gasteiger partial charge on any atom is 0.410 e. The summed E-state index contributed by atoms with van der Waals surface area (Å²) in [6, 6.07) is 5.89. The standard InChI is InChI=1S/C23H31N5O3S/c1-23(2,3)31-22(30)28-10-7-17(8-11-28)20-25-18(16-32-20)21(29)27-14-12-26(13-15-27)19-6-4-5-9-24-19/h4-6,9,16-17H,7-8,10-15H2,1-3H3. The predicted molar refractivity (Wildman–Crippen MR) is 124 cm³/mol. The molecule has 2 amide bonds. The summed E-state index contributed by atoms with van der Waals surface area (Å²) >= 11 is 1.55. The summed E-state index contributed by atoms with van der Waals surface area (Å²) < 4.78 is 5.47. The van der Waals surface area contributed by atoms with Crippen molar-refractivity contribution in [2.75, 3.05) is 44.2 Å². The van der Waals surface area contributed by atoms with Gasteiger partial charge < -0.3 is 19.4 Å². The van der Waals surface area contributed by atoms with E-state index in [1.54, 1.807) is 22.4 Å². The van der Waals surface area contributed by atoms with Gasteiger partial charge in [0.05, 0.1) is 5.01 Å². The summed E-state index contributed by atoms with van der Waals surface area (Å²) in [5, 5.41) is 2.87. The minimum atomic E-state index is -0.485. The minimum Gasteiger partial charge on any atom is -0.444 e. The zero-order chi connectivity index (χ0) is 22.7. The highest BCUT2D eigenvalue weighted by Crippen LogP contribution is 2.31. The molecule has 0 saturated carbocycles. The van der Waals surface area contributed by atoms with Gasteiger partial charge in [-0.3, -0.25) is 4.79 Å². The Hall–Kier alpha value is -2.68. The minimum absolute atomic E-state index is 0.000591. The van der Waals surface area contributed by atoms with Crippen LogP contribution in [-0.4, -0.2) is 76.6 Å². The number of piperidine rings is 1. The Morgan fingerprint density at radius 1 is 1.03 bits per heavy atom. The van der Waals surface area contributed by atoms with E-state index in [0.717, 1.165) is 36.8 Å². The first-order chi connectivity index (χ1) is 15.3. The lowest BCUT2D eigenvalue weighted by Gasteiger charge is -2.35. The van der Waals surface area contributed by atoms with Crippen LogP contribution in [0.3, 0.4) is 0 Å². The quantitative estimate of drug-likeness (QED) is 0.701. The SMILES string of the molecule is CC(C)(C)OC(=O)N1CCC(c2nc(C(=O)N3CCN(c4ccccn4)CC3)cs2)CC1. The van der Waals surface area contributed by atoms with E-state index >= 15 is 0 Å². The highest BCUT2D eigenvalue weighted by atomic mass is 32.1. The number of pyridine rings is 1. The third kappa shape index (κ3) is 5.38. The number of carbonyl (C=O) groups excluding carboxylic acids is 2. The van der Waals surface area contributed by atoms with E-state index < -0.39 is 5.60 Å². The topological polar surface area (TPSA) is 78.9 Å². The molecule has 0 N–H and O–H groups in total. The van der Waals surface area contributed by atoms with Crippen LogP contribution in [0.5, 0.6) is 0 Å². The van der Waals surface area contributed by atoms with Gasteiger partial charge in [0, 0.05) is 56.8 Å². The molecule has 2 aromatic heterocycles. The second-order valence-corrected chi connectivity index (χ2v) is 10.2.